The lowest BCUT2D eigenvalue weighted by atomic mass is 9.98. The number of unbranched alkanes of at least 4 members (excludes halogenated alkanes) is 23. The Morgan fingerprint density at radius 1 is 0.678 bits per heavy atom. The number of quaternary nitrogens is 1. The molecule has 349 valence electrons. The van der Waals surface area contributed by atoms with Gasteiger partial charge < -0.3 is 33.9 Å². The molecule has 0 bridgehead atoms. The van der Waals surface area contributed by atoms with E-state index in [1.165, 1.54) is 108 Å². The molecule has 1 aliphatic heterocycles. The molecule has 1 unspecified atom stereocenters. The number of esters is 2. The average molecular weight is 862 g/mol. The maximum absolute atomic E-state index is 12.7. The minimum atomic E-state index is -4.64. The number of carbonyl (C=O) groups is 2. The first-order valence-corrected chi connectivity index (χ1v) is 25.4. The summed E-state index contributed by atoms with van der Waals surface area (Å²) in [5, 5.41) is 13.9. The highest BCUT2D eigenvalue weighted by Gasteiger charge is 2.44. The van der Waals surface area contributed by atoms with Crippen molar-refractivity contribution in [3.05, 3.63) is 5.21 Å². The normalized spacial score (nSPS) is 18.5. The van der Waals surface area contributed by atoms with Crippen LogP contribution >= 0.6 is 8.17 Å². The van der Waals surface area contributed by atoms with Crippen LogP contribution in [0.1, 0.15) is 214 Å². The van der Waals surface area contributed by atoms with E-state index in [9.17, 15) is 24.6 Å². The third-order valence-corrected chi connectivity index (χ3v) is 12.5. The molecule has 13 heteroatoms. The highest BCUT2D eigenvalue weighted by molar-refractivity contribution is 7.52. The van der Waals surface area contributed by atoms with Gasteiger partial charge in [-0.15, -0.1) is 0 Å². The van der Waals surface area contributed by atoms with Crippen LogP contribution in [0.5, 0.6) is 0 Å². The second kappa shape index (κ2) is 32.7. The number of hydrogen-bond acceptors (Lipinski definition) is 10. The molecule has 1 heterocycles. The quantitative estimate of drug-likeness (QED) is 0.0252. The van der Waals surface area contributed by atoms with E-state index >= 15 is 0 Å². The summed E-state index contributed by atoms with van der Waals surface area (Å²) in [5.41, 5.74) is -1.09. The zero-order valence-electron chi connectivity index (χ0n) is 39.0. The van der Waals surface area contributed by atoms with Gasteiger partial charge in [0.15, 0.2) is 6.10 Å². The molecule has 0 aromatic rings. The molecule has 0 aromatic heterocycles. The fraction of sp³-hybridized carbons (Fsp3) is 0.957. The zero-order chi connectivity index (χ0) is 43.9. The van der Waals surface area contributed by atoms with Gasteiger partial charge in [-0.2, -0.15) is 9.05 Å². The van der Waals surface area contributed by atoms with E-state index in [-0.39, 0.29) is 26.1 Å². The standard InChI is InChI=1S/C46H90N2O10P/c1-8-10-11-12-13-14-15-16-19-22-25-28-31-34-43(49)54-39-42(40-57-59(52,53)56-38-37-48(5,6)7)58-44(50)35-32-29-26-23-20-17-18-21-24-27-30-33-36-46(9-2)47(51)45(3,4)41-55-46/h42H,8-41H2,1-7H3/t42-,46?/m1/s1. The lowest BCUT2D eigenvalue weighted by molar-refractivity contribution is -0.870. The number of carbonyl (C=O) groups excluding carboxylic acids is 2. The number of hydroxylamine groups is 2. The average Bonchev–Trinajstić information content (AvgIpc) is 3.41. The Kier molecular flexibility index (Phi) is 31.1. The van der Waals surface area contributed by atoms with Gasteiger partial charge in [-0.3, -0.25) is 9.59 Å². The van der Waals surface area contributed by atoms with Gasteiger partial charge >= 0.3 is 20.1 Å². The van der Waals surface area contributed by atoms with Crippen LogP contribution in [0.4, 0.5) is 0 Å². The van der Waals surface area contributed by atoms with Crippen molar-refractivity contribution in [3.8, 4) is 0 Å². The van der Waals surface area contributed by atoms with Gasteiger partial charge in [-0.1, -0.05) is 155 Å². The Morgan fingerprint density at radius 3 is 1.54 bits per heavy atom. The molecule has 1 aliphatic rings. The van der Waals surface area contributed by atoms with E-state index in [2.05, 4.69) is 6.92 Å². The van der Waals surface area contributed by atoms with Crippen LogP contribution in [-0.2, 0) is 37.7 Å². The number of rotatable bonds is 40. The monoisotopic (exact) mass is 862 g/mol. The first-order valence-electron chi connectivity index (χ1n) is 23.9. The van der Waals surface area contributed by atoms with Gasteiger partial charge in [0.25, 0.3) is 0 Å². The highest BCUT2D eigenvalue weighted by Crippen LogP contribution is 2.49. The summed E-state index contributed by atoms with van der Waals surface area (Å²) >= 11 is 0. The predicted molar refractivity (Wildman–Crippen MR) is 236 cm³/mol. The van der Waals surface area contributed by atoms with Crippen LogP contribution in [-0.4, -0.2) is 93.0 Å². The molecule has 2 atom stereocenters. The molecule has 0 aliphatic carbocycles. The Bertz CT molecular complexity index is 1060. The maximum Gasteiger partial charge on any atom is 0.426 e. The molecule has 0 aromatic carbocycles. The van der Waals surface area contributed by atoms with E-state index in [1.54, 1.807) is 0 Å². The number of likely N-dealkylation sites (N-methyl/N-ethyl adjacent to an activating group) is 1. The molecule has 1 rings (SSSR count). The van der Waals surface area contributed by atoms with Crippen molar-refractivity contribution in [3.63, 3.8) is 0 Å². The Labute approximate surface area is 362 Å². The molecule has 0 N–H and O–H groups in total. The Balaban J connectivity index is 2.25. The first-order chi connectivity index (χ1) is 28.1. The van der Waals surface area contributed by atoms with E-state index in [4.69, 9.17) is 23.3 Å². The zero-order valence-corrected chi connectivity index (χ0v) is 39.9. The van der Waals surface area contributed by atoms with Crippen LogP contribution in [0.25, 0.3) is 0 Å². The van der Waals surface area contributed by atoms with Gasteiger partial charge in [0, 0.05) is 23.3 Å². The van der Waals surface area contributed by atoms with Crippen LogP contribution in [0.3, 0.4) is 0 Å². The smallest absolute Gasteiger partial charge is 0.426 e. The summed E-state index contributed by atoms with van der Waals surface area (Å²) in [6, 6.07) is 0. The van der Waals surface area contributed by atoms with E-state index in [0.29, 0.717) is 24.1 Å². The Hall–Kier alpha value is -0.950. The van der Waals surface area contributed by atoms with E-state index in [1.807, 2.05) is 41.9 Å². The molecule has 1 fully saturated rings. The fourth-order valence-corrected chi connectivity index (χ4v) is 8.29. The SMILES string of the molecule is CCCCCCCCCCCCCCCC(=O)OC[C@H](CO[P+]([O])([O-])OCC[N+](C)(C)C)OC(=O)CCCCCCCCCCCCCCC1(CC)OCC(C)(C)N1[O-]. The second-order valence-corrected chi connectivity index (χ2v) is 20.2. The number of nitrogens with zero attached hydrogens (tertiary/aromatic N) is 2. The number of ether oxygens (including phenoxy) is 3. The first kappa shape index (κ1) is 56.1. The second-order valence-electron chi connectivity index (χ2n) is 18.8. The maximum atomic E-state index is 12.7. The molecule has 12 nitrogen and oxygen atoms in total. The summed E-state index contributed by atoms with van der Waals surface area (Å²) in [5.74, 6) is -0.858. The fourth-order valence-electron chi connectivity index (χ4n) is 7.56. The lowest BCUT2D eigenvalue weighted by Gasteiger charge is -2.47. The van der Waals surface area contributed by atoms with Gasteiger partial charge in [0.2, 0.25) is 0 Å². The van der Waals surface area contributed by atoms with Crippen molar-refractivity contribution < 1.29 is 47.1 Å². The van der Waals surface area contributed by atoms with Crippen molar-refractivity contribution in [2.24, 2.45) is 0 Å². The van der Waals surface area contributed by atoms with Crippen LogP contribution in [0.2, 0.25) is 0 Å². The molecule has 1 saturated heterocycles. The van der Waals surface area contributed by atoms with Crippen molar-refractivity contribution in [2.45, 2.75) is 231 Å². The van der Waals surface area contributed by atoms with Crippen LogP contribution in [0, 0.1) is 5.21 Å². The van der Waals surface area contributed by atoms with Gasteiger partial charge in [0.05, 0.1) is 27.7 Å². The summed E-state index contributed by atoms with van der Waals surface area (Å²) in [7, 11) is 1.14. The van der Waals surface area contributed by atoms with E-state index in [0.717, 1.165) is 64.2 Å². The van der Waals surface area contributed by atoms with Gasteiger partial charge in [-0.25, -0.2) is 0 Å². The minimum absolute atomic E-state index is 0.0395. The highest BCUT2D eigenvalue weighted by atomic mass is 31.2. The van der Waals surface area contributed by atoms with Gasteiger partial charge in [0.1, 0.15) is 32.1 Å². The molecule has 0 spiro atoms. The molecule has 0 amide bonds. The summed E-state index contributed by atoms with van der Waals surface area (Å²) < 4.78 is 27.5. The topological polar surface area (TPSA) is 150 Å². The Morgan fingerprint density at radius 2 is 1.12 bits per heavy atom. The molecular formula is C46H90N2O10P. The largest absolute Gasteiger partial charge is 0.783 e. The van der Waals surface area contributed by atoms with Crippen molar-refractivity contribution in [1.29, 1.82) is 0 Å². The third-order valence-electron chi connectivity index (χ3n) is 11.5. The molecular weight excluding hydrogens is 771 g/mol. The van der Waals surface area contributed by atoms with Crippen LogP contribution in [0.15, 0.2) is 0 Å². The van der Waals surface area contributed by atoms with E-state index < -0.39 is 44.1 Å². The lowest BCUT2D eigenvalue weighted by Crippen LogP contribution is -2.48. The summed E-state index contributed by atoms with van der Waals surface area (Å²) in [6.45, 7) is 8.38. The van der Waals surface area contributed by atoms with Crippen molar-refractivity contribution >= 4 is 20.1 Å². The predicted octanol–water partition coefficient (Wildman–Crippen LogP) is 11.3. The molecule has 1 radical (unpaired) electrons. The van der Waals surface area contributed by atoms with Gasteiger partial charge in [-0.05, 0) is 46.0 Å². The van der Waals surface area contributed by atoms with Crippen LogP contribution < -0.4 is 4.89 Å². The minimum Gasteiger partial charge on any atom is -0.783 e. The molecule has 0 saturated carbocycles. The van der Waals surface area contributed by atoms with Crippen molar-refractivity contribution in [2.75, 3.05) is 54.1 Å². The third kappa shape index (κ3) is 29.1. The summed E-state index contributed by atoms with van der Waals surface area (Å²) in [4.78, 5) is 50.0. The number of hydrogen-bond donors (Lipinski definition) is 0. The van der Waals surface area contributed by atoms with Crippen molar-refractivity contribution in [1.82, 2.24) is 5.06 Å². The summed E-state index contributed by atoms with van der Waals surface area (Å²) in [6.07, 6.45) is 29.9. The molecule has 59 heavy (non-hydrogen) atoms.